The van der Waals surface area contributed by atoms with Crippen LogP contribution in [0.4, 0.5) is 5.69 Å². The molecule has 0 aromatic heterocycles. The molecule has 16 heavy (non-hydrogen) atoms. The molecular formula is C10H11NO4S. The molecule has 0 saturated heterocycles. The largest absolute Gasteiger partial charge is 0.315 e. The van der Waals surface area contributed by atoms with Crippen LogP contribution >= 0.6 is 0 Å². The van der Waals surface area contributed by atoms with Gasteiger partial charge >= 0.3 is 0 Å². The molecular weight excluding hydrogens is 230 g/mol. The van der Waals surface area contributed by atoms with Gasteiger partial charge in [-0.15, -0.1) is 0 Å². The van der Waals surface area contributed by atoms with Gasteiger partial charge in [0.05, 0.1) is 4.90 Å². The number of fused-ring (bicyclic) bond motifs is 1. The highest BCUT2D eigenvalue weighted by molar-refractivity contribution is 7.85. The van der Waals surface area contributed by atoms with Gasteiger partial charge < -0.3 is 4.90 Å². The molecule has 0 saturated carbocycles. The Bertz CT molecular complexity index is 550. The number of aryl methyl sites for hydroxylation is 1. The fourth-order valence-corrected chi connectivity index (χ4v) is 2.32. The first-order valence-corrected chi connectivity index (χ1v) is 6.20. The molecule has 0 bridgehead atoms. The Labute approximate surface area is 93.4 Å². The molecule has 1 heterocycles. The van der Waals surface area contributed by atoms with Crippen LogP contribution in [-0.2, 0) is 21.3 Å². The van der Waals surface area contributed by atoms with Gasteiger partial charge in [0.2, 0.25) is 5.91 Å². The Hall–Kier alpha value is -1.40. The summed E-state index contributed by atoms with van der Waals surface area (Å²) in [5.41, 5.74) is 1.46. The molecule has 0 fully saturated rings. The van der Waals surface area contributed by atoms with Gasteiger partial charge in [0, 0.05) is 19.2 Å². The van der Waals surface area contributed by atoms with Crippen LogP contribution in [0.25, 0.3) is 0 Å². The van der Waals surface area contributed by atoms with Crippen molar-refractivity contribution >= 4 is 21.7 Å². The zero-order chi connectivity index (χ0) is 11.9. The second-order valence-corrected chi connectivity index (χ2v) is 5.14. The van der Waals surface area contributed by atoms with Gasteiger partial charge in [0.15, 0.2) is 0 Å². The highest BCUT2D eigenvalue weighted by Crippen LogP contribution is 2.28. The molecule has 1 aliphatic rings. The van der Waals surface area contributed by atoms with E-state index in [-0.39, 0.29) is 10.8 Å². The van der Waals surface area contributed by atoms with Crippen LogP contribution in [0.3, 0.4) is 0 Å². The van der Waals surface area contributed by atoms with Crippen molar-refractivity contribution in [2.45, 2.75) is 17.7 Å². The molecule has 1 N–H and O–H groups in total. The summed E-state index contributed by atoms with van der Waals surface area (Å²) in [4.78, 5) is 12.8. The van der Waals surface area contributed by atoms with Crippen LogP contribution in [0.2, 0.25) is 0 Å². The molecule has 1 aromatic carbocycles. The number of benzene rings is 1. The minimum absolute atomic E-state index is 0.00658. The number of carbonyl (C=O) groups excluding carboxylic acids is 1. The van der Waals surface area contributed by atoms with Gasteiger partial charge in [-0.25, -0.2) is 0 Å². The van der Waals surface area contributed by atoms with Crippen molar-refractivity contribution in [2.24, 2.45) is 0 Å². The summed E-state index contributed by atoms with van der Waals surface area (Å²) in [5.74, 6) is 0.00658. The smallest absolute Gasteiger partial charge is 0.294 e. The molecule has 1 aromatic rings. The number of amides is 1. The monoisotopic (exact) mass is 241 g/mol. The molecule has 1 aliphatic heterocycles. The predicted octanol–water partition coefficient (Wildman–Crippen LogP) is 0.842. The summed E-state index contributed by atoms with van der Waals surface area (Å²) < 4.78 is 30.8. The standard InChI is InChI=1S/C10H11NO4S/c1-11-9-4-3-8(16(13,14)15)6-7(9)2-5-10(11)12/h3-4,6H,2,5H2,1H3,(H,13,14,15). The Kier molecular flexibility index (Phi) is 2.47. The van der Waals surface area contributed by atoms with Gasteiger partial charge in [-0.3, -0.25) is 9.35 Å². The Morgan fingerprint density at radius 2 is 2.00 bits per heavy atom. The van der Waals surface area contributed by atoms with Crippen LogP contribution in [0.15, 0.2) is 23.1 Å². The lowest BCUT2D eigenvalue weighted by atomic mass is 10.0. The van der Waals surface area contributed by atoms with Crippen LogP contribution in [-0.4, -0.2) is 25.9 Å². The molecule has 0 spiro atoms. The molecule has 0 atom stereocenters. The summed E-state index contributed by atoms with van der Waals surface area (Å²) in [6.07, 6.45) is 0.861. The van der Waals surface area contributed by atoms with E-state index in [0.29, 0.717) is 18.5 Å². The lowest BCUT2D eigenvalue weighted by Gasteiger charge is -2.25. The fourth-order valence-electron chi connectivity index (χ4n) is 1.79. The summed E-state index contributed by atoms with van der Waals surface area (Å²) >= 11 is 0. The van der Waals surface area contributed by atoms with Crippen molar-refractivity contribution in [3.8, 4) is 0 Å². The van der Waals surface area contributed by atoms with Crippen LogP contribution in [0.5, 0.6) is 0 Å². The lowest BCUT2D eigenvalue weighted by molar-refractivity contribution is -0.118. The van der Waals surface area contributed by atoms with E-state index in [9.17, 15) is 13.2 Å². The first kappa shape index (κ1) is 11.1. The minimum atomic E-state index is -4.17. The van der Waals surface area contributed by atoms with Gasteiger partial charge in [-0.2, -0.15) is 8.42 Å². The highest BCUT2D eigenvalue weighted by Gasteiger charge is 2.22. The molecule has 1 amide bonds. The Morgan fingerprint density at radius 1 is 1.31 bits per heavy atom. The number of hydrogen-bond acceptors (Lipinski definition) is 3. The molecule has 86 valence electrons. The van der Waals surface area contributed by atoms with Crippen molar-refractivity contribution in [3.05, 3.63) is 23.8 Å². The summed E-state index contributed by atoms with van der Waals surface area (Å²) in [5, 5.41) is 0. The van der Waals surface area contributed by atoms with Gasteiger partial charge in [0.25, 0.3) is 10.1 Å². The quantitative estimate of drug-likeness (QED) is 0.739. The van der Waals surface area contributed by atoms with Crippen molar-refractivity contribution in [3.63, 3.8) is 0 Å². The first-order valence-electron chi connectivity index (χ1n) is 4.76. The van der Waals surface area contributed by atoms with E-state index in [1.54, 1.807) is 7.05 Å². The molecule has 0 radical (unpaired) electrons. The predicted molar refractivity (Wildman–Crippen MR) is 58.0 cm³/mol. The first-order chi connectivity index (χ1) is 7.39. The molecule has 5 nitrogen and oxygen atoms in total. The third-order valence-electron chi connectivity index (χ3n) is 2.69. The summed E-state index contributed by atoms with van der Waals surface area (Å²) in [7, 11) is -2.52. The second kappa shape index (κ2) is 3.57. The third kappa shape index (κ3) is 1.81. The number of nitrogens with zero attached hydrogens (tertiary/aromatic N) is 1. The minimum Gasteiger partial charge on any atom is -0.315 e. The number of hydrogen-bond donors (Lipinski definition) is 1. The summed E-state index contributed by atoms with van der Waals surface area (Å²) in [6.45, 7) is 0. The van der Waals surface area contributed by atoms with Gasteiger partial charge in [-0.05, 0) is 30.2 Å². The highest BCUT2D eigenvalue weighted by atomic mass is 32.2. The average Bonchev–Trinajstić information content (AvgIpc) is 2.22. The maximum atomic E-state index is 11.4. The van der Waals surface area contributed by atoms with E-state index < -0.39 is 10.1 Å². The van der Waals surface area contributed by atoms with Gasteiger partial charge in [0.1, 0.15) is 0 Å². The van der Waals surface area contributed by atoms with E-state index in [1.807, 2.05) is 0 Å². The second-order valence-electron chi connectivity index (χ2n) is 3.72. The van der Waals surface area contributed by atoms with Crippen molar-refractivity contribution in [2.75, 3.05) is 11.9 Å². The SMILES string of the molecule is CN1C(=O)CCc2cc(S(=O)(=O)O)ccc21. The van der Waals surface area contributed by atoms with Crippen molar-refractivity contribution in [1.82, 2.24) is 0 Å². The fraction of sp³-hybridized carbons (Fsp3) is 0.300. The van der Waals surface area contributed by atoms with Crippen molar-refractivity contribution < 1.29 is 17.8 Å². The summed E-state index contributed by atoms with van der Waals surface area (Å²) in [6, 6.07) is 4.24. The van der Waals surface area contributed by atoms with Crippen LogP contribution < -0.4 is 4.90 Å². The van der Waals surface area contributed by atoms with Crippen molar-refractivity contribution in [1.29, 1.82) is 0 Å². The number of rotatable bonds is 1. The topological polar surface area (TPSA) is 74.7 Å². The molecule has 2 rings (SSSR count). The van der Waals surface area contributed by atoms with E-state index in [4.69, 9.17) is 4.55 Å². The average molecular weight is 241 g/mol. The van der Waals surface area contributed by atoms with E-state index in [1.165, 1.54) is 23.1 Å². The lowest BCUT2D eigenvalue weighted by Crippen LogP contribution is -2.31. The molecule has 6 heteroatoms. The maximum absolute atomic E-state index is 11.4. The number of anilines is 1. The van der Waals surface area contributed by atoms with Crippen LogP contribution in [0.1, 0.15) is 12.0 Å². The zero-order valence-electron chi connectivity index (χ0n) is 8.67. The molecule has 0 unspecified atom stereocenters. The van der Waals surface area contributed by atoms with E-state index >= 15 is 0 Å². The third-order valence-corrected chi connectivity index (χ3v) is 3.54. The van der Waals surface area contributed by atoms with E-state index in [0.717, 1.165) is 5.56 Å². The Morgan fingerprint density at radius 3 is 2.62 bits per heavy atom. The van der Waals surface area contributed by atoms with Crippen LogP contribution in [0, 0.1) is 0 Å². The molecule has 0 aliphatic carbocycles. The van der Waals surface area contributed by atoms with Gasteiger partial charge in [-0.1, -0.05) is 0 Å². The normalized spacial score (nSPS) is 16.1. The van der Waals surface area contributed by atoms with E-state index in [2.05, 4.69) is 0 Å². The Balaban J connectivity index is 2.53. The zero-order valence-corrected chi connectivity index (χ0v) is 9.49. The maximum Gasteiger partial charge on any atom is 0.294 e. The number of carbonyl (C=O) groups is 1.